The summed E-state index contributed by atoms with van der Waals surface area (Å²) in [4.78, 5) is 4.14. The minimum Gasteiger partial charge on any atom is -0.381 e. The maximum Gasteiger partial charge on any atom is 0.306 e. The molecule has 0 atom stereocenters. The van der Waals surface area contributed by atoms with Gasteiger partial charge >= 0.3 is 10.1 Å². The van der Waals surface area contributed by atoms with Gasteiger partial charge in [0.25, 0.3) is 0 Å². The zero-order chi connectivity index (χ0) is 13.0. The molecule has 0 aliphatic carbocycles. The number of pyridine rings is 1. The summed E-state index contributed by atoms with van der Waals surface area (Å²) < 4.78 is 26.6. The molecule has 0 spiro atoms. The van der Waals surface area contributed by atoms with Gasteiger partial charge in [0.05, 0.1) is 12.5 Å². The number of hydrogen-bond acceptors (Lipinski definition) is 6. The van der Waals surface area contributed by atoms with Crippen molar-refractivity contribution in [3.05, 3.63) is 18.3 Å². The highest BCUT2D eigenvalue weighted by Gasteiger charge is 2.13. The Kier molecular flexibility index (Phi) is 4.03. The average Bonchev–Trinajstić information content (AvgIpc) is 2.31. The third-order valence-corrected chi connectivity index (χ3v) is 3.17. The Labute approximate surface area is 107 Å². The molecule has 2 heterocycles. The van der Waals surface area contributed by atoms with Crippen LogP contribution in [-0.2, 0) is 10.1 Å². The normalized spacial score (nSPS) is 17.4. The Bertz CT molecular complexity index is 481. The summed E-state index contributed by atoms with van der Waals surface area (Å²) in [6.07, 6.45) is 4.53. The third kappa shape index (κ3) is 4.15. The second-order valence-corrected chi connectivity index (χ2v) is 5.91. The van der Waals surface area contributed by atoms with E-state index in [9.17, 15) is 8.42 Å². The lowest BCUT2D eigenvalue weighted by molar-refractivity contribution is 0.477. The monoisotopic (exact) mass is 271 g/mol. The van der Waals surface area contributed by atoms with Gasteiger partial charge in [0.1, 0.15) is 5.82 Å². The summed E-state index contributed by atoms with van der Waals surface area (Å²) in [5, 5.41) is 6.60. The molecule has 100 valence electrons. The largest absolute Gasteiger partial charge is 0.381 e. The molecule has 0 amide bonds. The van der Waals surface area contributed by atoms with Crippen LogP contribution < -0.4 is 14.8 Å². The molecule has 1 aromatic rings. The second kappa shape index (κ2) is 5.53. The molecule has 1 aliphatic rings. The van der Waals surface area contributed by atoms with E-state index in [1.165, 1.54) is 6.20 Å². The number of anilines is 1. The first kappa shape index (κ1) is 13.1. The maximum atomic E-state index is 10.9. The Hall–Kier alpha value is -1.34. The van der Waals surface area contributed by atoms with Gasteiger partial charge in [0.15, 0.2) is 5.75 Å². The molecule has 1 fully saturated rings. The van der Waals surface area contributed by atoms with Crippen LogP contribution >= 0.6 is 0 Å². The molecule has 0 radical (unpaired) electrons. The van der Waals surface area contributed by atoms with E-state index in [2.05, 4.69) is 15.6 Å². The first-order valence-corrected chi connectivity index (χ1v) is 7.67. The van der Waals surface area contributed by atoms with E-state index in [0.717, 1.165) is 38.0 Å². The van der Waals surface area contributed by atoms with Crippen molar-refractivity contribution >= 4 is 15.9 Å². The zero-order valence-corrected chi connectivity index (χ0v) is 11.0. The van der Waals surface area contributed by atoms with E-state index in [0.29, 0.717) is 6.04 Å². The van der Waals surface area contributed by atoms with Crippen LogP contribution in [0.25, 0.3) is 0 Å². The first-order valence-electron chi connectivity index (χ1n) is 5.86. The first-order chi connectivity index (χ1) is 8.53. The summed E-state index contributed by atoms with van der Waals surface area (Å²) in [5.74, 6) is 0.969. The van der Waals surface area contributed by atoms with Crippen LogP contribution in [0.4, 0.5) is 5.82 Å². The van der Waals surface area contributed by atoms with E-state index >= 15 is 0 Å². The number of nitrogens with zero attached hydrogens (tertiary/aromatic N) is 1. The number of aromatic nitrogens is 1. The molecule has 6 nitrogen and oxygen atoms in total. The molecule has 1 aliphatic heterocycles. The lowest BCUT2D eigenvalue weighted by atomic mass is 10.1. The summed E-state index contributed by atoms with van der Waals surface area (Å²) in [6, 6.07) is 3.74. The van der Waals surface area contributed by atoms with E-state index in [1.807, 2.05) is 0 Å². The second-order valence-electron chi connectivity index (χ2n) is 4.34. The fourth-order valence-corrected chi connectivity index (χ4v) is 2.31. The van der Waals surface area contributed by atoms with E-state index in [1.54, 1.807) is 12.1 Å². The molecule has 1 saturated heterocycles. The van der Waals surface area contributed by atoms with E-state index < -0.39 is 10.1 Å². The fourth-order valence-electron chi connectivity index (χ4n) is 1.87. The highest BCUT2D eigenvalue weighted by Crippen LogP contribution is 2.16. The van der Waals surface area contributed by atoms with Crippen molar-refractivity contribution in [3.8, 4) is 5.75 Å². The van der Waals surface area contributed by atoms with Gasteiger partial charge in [-0.1, -0.05) is 0 Å². The molecule has 0 aromatic carbocycles. The quantitative estimate of drug-likeness (QED) is 0.780. The van der Waals surface area contributed by atoms with Crippen molar-refractivity contribution in [1.82, 2.24) is 10.3 Å². The van der Waals surface area contributed by atoms with Crippen molar-refractivity contribution in [2.24, 2.45) is 0 Å². The predicted molar refractivity (Wildman–Crippen MR) is 69.2 cm³/mol. The van der Waals surface area contributed by atoms with Gasteiger partial charge < -0.3 is 14.8 Å². The van der Waals surface area contributed by atoms with Crippen LogP contribution in [0.2, 0.25) is 0 Å². The molecule has 18 heavy (non-hydrogen) atoms. The highest BCUT2D eigenvalue weighted by atomic mass is 32.2. The summed E-state index contributed by atoms with van der Waals surface area (Å²) >= 11 is 0. The average molecular weight is 271 g/mol. The predicted octanol–water partition coefficient (Wildman–Crippen LogP) is 0.584. The molecule has 2 rings (SSSR count). The minimum absolute atomic E-state index is 0.230. The molecule has 0 saturated carbocycles. The molecule has 0 bridgehead atoms. The molecule has 0 unspecified atom stereocenters. The van der Waals surface area contributed by atoms with Crippen molar-refractivity contribution < 1.29 is 12.6 Å². The Morgan fingerprint density at radius 3 is 2.67 bits per heavy atom. The van der Waals surface area contributed by atoms with Crippen LogP contribution in [0.3, 0.4) is 0 Å². The van der Waals surface area contributed by atoms with E-state index in [4.69, 9.17) is 4.18 Å². The fraction of sp³-hybridized carbons (Fsp3) is 0.545. The number of nitrogens with one attached hydrogen (secondary N) is 2. The Balaban J connectivity index is 1.94. The van der Waals surface area contributed by atoms with Crippen molar-refractivity contribution in [1.29, 1.82) is 0 Å². The van der Waals surface area contributed by atoms with Crippen LogP contribution in [0.15, 0.2) is 18.3 Å². The summed E-state index contributed by atoms with van der Waals surface area (Å²) in [5.41, 5.74) is 0. The van der Waals surface area contributed by atoms with Gasteiger partial charge in [-0.15, -0.1) is 0 Å². The van der Waals surface area contributed by atoms with Crippen molar-refractivity contribution in [2.75, 3.05) is 24.7 Å². The maximum absolute atomic E-state index is 10.9. The lowest BCUT2D eigenvalue weighted by Crippen LogP contribution is -2.35. The number of rotatable bonds is 4. The SMILES string of the molecule is CS(=O)(=O)Oc1ccc(NC2CCNCC2)nc1. The van der Waals surface area contributed by atoms with Gasteiger partial charge in [-0.25, -0.2) is 4.98 Å². The van der Waals surface area contributed by atoms with E-state index in [-0.39, 0.29) is 5.75 Å². The number of hydrogen-bond donors (Lipinski definition) is 2. The topological polar surface area (TPSA) is 80.3 Å². The number of piperidine rings is 1. The molecular formula is C11H17N3O3S. The van der Waals surface area contributed by atoms with Crippen LogP contribution in [0, 0.1) is 0 Å². The standard InChI is InChI=1S/C11H17N3O3S/c1-18(15,16)17-10-2-3-11(13-8-10)14-9-4-6-12-7-5-9/h2-3,8-9,12H,4-7H2,1H3,(H,13,14). The molecule has 2 N–H and O–H groups in total. The van der Waals surface area contributed by atoms with Gasteiger partial charge in [-0.3, -0.25) is 0 Å². The van der Waals surface area contributed by atoms with Gasteiger partial charge in [0.2, 0.25) is 0 Å². The zero-order valence-electron chi connectivity index (χ0n) is 10.2. The molecule has 1 aromatic heterocycles. The minimum atomic E-state index is -3.49. The van der Waals surface area contributed by atoms with Crippen molar-refractivity contribution in [2.45, 2.75) is 18.9 Å². The van der Waals surface area contributed by atoms with Gasteiger partial charge in [-0.05, 0) is 38.1 Å². The summed E-state index contributed by atoms with van der Waals surface area (Å²) in [7, 11) is -3.49. The van der Waals surface area contributed by atoms with Gasteiger partial charge in [-0.2, -0.15) is 8.42 Å². The van der Waals surface area contributed by atoms with Crippen molar-refractivity contribution in [3.63, 3.8) is 0 Å². The highest BCUT2D eigenvalue weighted by molar-refractivity contribution is 7.86. The Morgan fingerprint density at radius 2 is 2.11 bits per heavy atom. The summed E-state index contributed by atoms with van der Waals surface area (Å²) in [6.45, 7) is 2.01. The smallest absolute Gasteiger partial charge is 0.306 e. The Morgan fingerprint density at radius 1 is 1.39 bits per heavy atom. The lowest BCUT2D eigenvalue weighted by Gasteiger charge is -2.24. The van der Waals surface area contributed by atoms with Gasteiger partial charge in [0, 0.05) is 6.04 Å². The third-order valence-electron chi connectivity index (χ3n) is 2.68. The van der Waals surface area contributed by atoms with Crippen LogP contribution in [0.5, 0.6) is 5.75 Å². The molecule has 7 heteroatoms. The molecular weight excluding hydrogens is 254 g/mol. The van der Waals surface area contributed by atoms with Crippen LogP contribution in [-0.4, -0.2) is 38.8 Å². The van der Waals surface area contributed by atoms with Crippen LogP contribution in [0.1, 0.15) is 12.8 Å².